The lowest BCUT2D eigenvalue weighted by molar-refractivity contribution is -0.262. The van der Waals surface area contributed by atoms with E-state index in [1.165, 1.54) is 0 Å². The van der Waals surface area contributed by atoms with Gasteiger partial charge in [-0.3, -0.25) is 19.2 Å². The zero-order valence-corrected chi connectivity index (χ0v) is 29.5. The van der Waals surface area contributed by atoms with Crippen molar-refractivity contribution < 1.29 is 42.9 Å². The van der Waals surface area contributed by atoms with Crippen LogP contribution in [0.4, 0.5) is 0 Å². The van der Waals surface area contributed by atoms with Crippen LogP contribution < -0.4 is 0 Å². The quantitative estimate of drug-likeness (QED) is 0.242. The van der Waals surface area contributed by atoms with Crippen LogP contribution in [0, 0.1) is 28.6 Å². The molecule has 9 nitrogen and oxygen atoms in total. The molecule has 1 aromatic carbocycles. The molecule has 0 bridgehead atoms. The van der Waals surface area contributed by atoms with Gasteiger partial charge in [-0.05, 0) is 113 Å². The Kier molecular flexibility index (Phi) is 11.3. The van der Waals surface area contributed by atoms with Crippen LogP contribution in [0.5, 0.6) is 0 Å². The smallest absolute Gasteiger partial charge is 0.311 e. The first-order chi connectivity index (χ1) is 19.3. The summed E-state index contributed by atoms with van der Waals surface area (Å²) < 4.78 is 31.3. The largest absolute Gasteiger partial charge is 0.462 e. The lowest BCUT2D eigenvalue weighted by atomic mass is 9.87. The topological polar surface area (TPSA) is 114 Å². The van der Waals surface area contributed by atoms with E-state index in [1.54, 1.807) is 83.1 Å². The van der Waals surface area contributed by atoms with Crippen LogP contribution in [0.2, 0.25) is 0 Å². The van der Waals surface area contributed by atoms with Gasteiger partial charge in [0, 0.05) is 4.47 Å². The van der Waals surface area contributed by atoms with Gasteiger partial charge < -0.3 is 23.7 Å². The maximum Gasteiger partial charge on any atom is 0.311 e. The van der Waals surface area contributed by atoms with Gasteiger partial charge in [0.25, 0.3) is 0 Å². The van der Waals surface area contributed by atoms with Crippen LogP contribution >= 0.6 is 15.9 Å². The van der Waals surface area contributed by atoms with Crippen molar-refractivity contribution in [3.05, 3.63) is 33.8 Å². The Balaban J connectivity index is 2.80. The molecule has 1 fully saturated rings. The highest BCUT2D eigenvalue weighted by molar-refractivity contribution is 9.10. The molecule has 0 radical (unpaired) electrons. The van der Waals surface area contributed by atoms with E-state index >= 15 is 0 Å². The standard InChI is InChI=1S/C33H49BrO9/c1-18-16-19(34)14-15-20(18)22-24(42-28(37)32(8,9)10)25(43-29(38)33(11,12)13)23(41-27(36)31(5,6)7)21(40-22)17-39-26(35)30(2,3)4/h14-16,21-25H,17H2,1-13H3/t21-,22-,23-,24-,25+/m1/s1. The lowest BCUT2D eigenvalue weighted by Crippen LogP contribution is -2.61. The normalized spacial score (nSPS) is 23.3. The van der Waals surface area contributed by atoms with E-state index in [4.69, 9.17) is 23.7 Å². The number of carbonyl (C=O) groups excluding carboxylic acids is 4. The minimum Gasteiger partial charge on any atom is -0.462 e. The van der Waals surface area contributed by atoms with E-state index in [2.05, 4.69) is 15.9 Å². The molecule has 0 N–H and O–H groups in total. The van der Waals surface area contributed by atoms with Crippen LogP contribution in [-0.2, 0) is 42.9 Å². The molecule has 0 spiro atoms. The first-order valence-electron chi connectivity index (χ1n) is 14.6. The maximum absolute atomic E-state index is 13.4. The van der Waals surface area contributed by atoms with Crippen molar-refractivity contribution in [3.63, 3.8) is 0 Å². The fourth-order valence-electron chi connectivity index (χ4n) is 3.94. The Bertz CT molecular complexity index is 1190. The molecule has 1 aromatic rings. The summed E-state index contributed by atoms with van der Waals surface area (Å²) in [5.41, 5.74) is -2.10. The number of hydrogen-bond acceptors (Lipinski definition) is 9. The van der Waals surface area contributed by atoms with Gasteiger partial charge in [0.2, 0.25) is 0 Å². The van der Waals surface area contributed by atoms with E-state index in [0.717, 1.165) is 10.0 Å². The highest BCUT2D eigenvalue weighted by Gasteiger charge is 2.55. The van der Waals surface area contributed by atoms with Crippen molar-refractivity contribution >= 4 is 39.8 Å². The number of carbonyl (C=O) groups is 4. The van der Waals surface area contributed by atoms with E-state index in [0.29, 0.717) is 5.56 Å². The zero-order chi connectivity index (χ0) is 33.3. The number of rotatable bonds is 6. The van der Waals surface area contributed by atoms with Crippen molar-refractivity contribution in [1.82, 2.24) is 0 Å². The molecule has 1 saturated heterocycles. The molecule has 0 aliphatic carbocycles. The monoisotopic (exact) mass is 668 g/mol. The van der Waals surface area contributed by atoms with Gasteiger partial charge in [-0.1, -0.05) is 22.0 Å². The van der Waals surface area contributed by atoms with Crippen molar-refractivity contribution in [1.29, 1.82) is 0 Å². The number of hydrogen-bond donors (Lipinski definition) is 0. The SMILES string of the molecule is Cc1cc(Br)ccc1[C@H]1O[C@H](COC(=O)C(C)(C)C)[C@@H](OC(=O)C(C)(C)C)[C@H](OC(=O)C(C)(C)C)[C@@H]1OC(=O)C(C)(C)C. The van der Waals surface area contributed by atoms with Gasteiger partial charge in [-0.2, -0.15) is 0 Å². The third kappa shape index (κ3) is 9.76. The molecule has 1 aliphatic rings. The minimum absolute atomic E-state index is 0.298. The number of benzene rings is 1. The van der Waals surface area contributed by atoms with E-state index in [1.807, 2.05) is 25.1 Å². The maximum atomic E-state index is 13.4. The molecule has 0 amide bonds. The number of ether oxygens (including phenoxy) is 5. The summed E-state index contributed by atoms with van der Waals surface area (Å²) in [6.07, 6.45) is -5.78. The van der Waals surface area contributed by atoms with Crippen LogP contribution in [0.1, 0.15) is 100 Å². The average Bonchev–Trinajstić information content (AvgIpc) is 2.82. The van der Waals surface area contributed by atoms with E-state index in [-0.39, 0.29) is 6.61 Å². The number of aryl methyl sites for hydroxylation is 1. The molecule has 2 rings (SSSR count). The summed E-state index contributed by atoms with van der Waals surface area (Å²) in [6, 6.07) is 5.53. The molecular formula is C33H49BrO9. The molecule has 0 saturated carbocycles. The van der Waals surface area contributed by atoms with Crippen LogP contribution in [0.25, 0.3) is 0 Å². The summed E-state index contributed by atoms with van der Waals surface area (Å²) in [5, 5.41) is 0. The Labute approximate surface area is 264 Å². The molecule has 0 unspecified atom stereocenters. The van der Waals surface area contributed by atoms with Crippen LogP contribution in [-0.4, -0.2) is 54.9 Å². The second kappa shape index (κ2) is 13.3. The highest BCUT2D eigenvalue weighted by Crippen LogP contribution is 2.41. The second-order valence-electron chi connectivity index (χ2n) is 15.3. The summed E-state index contributed by atoms with van der Waals surface area (Å²) >= 11 is 3.48. The van der Waals surface area contributed by atoms with Gasteiger partial charge in [0.1, 0.15) is 18.8 Å². The fourth-order valence-corrected chi connectivity index (χ4v) is 4.41. The minimum atomic E-state index is -1.29. The molecule has 242 valence electrons. The van der Waals surface area contributed by atoms with E-state index in [9.17, 15) is 19.2 Å². The summed E-state index contributed by atoms with van der Waals surface area (Å²) in [6.45, 7) is 22.0. The van der Waals surface area contributed by atoms with Gasteiger partial charge >= 0.3 is 23.9 Å². The third-order valence-corrected chi connectivity index (χ3v) is 7.22. The molecule has 10 heteroatoms. The number of esters is 4. The number of halogens is 1. The van der Waals surface area contributed by atoms with Gasteiger partial charge in [-0.15, -0.1) is 0 Å². The highest BCUT2D eigenvalue weighted by atomic mass is 79.9. The Morgan fingerprint density at radius 3 is 1.51 bits per heavy atom. The molecule has 43 heavy (non-hydrogen) atoms. The second-order valence-corrected chi connectivity index (χ2v) is 16.2. The van der Waals surface area contributed by atoms with Crippen molar-refractivity contribution in [2.24, 2.45) is 21.7 Å². The molecular weight excluding hydrogens is 620 g/mol. The zero-order valence-electron chi connectivity index (χ0n) is 27.9. The van der Waals surface area contributed by atoms with Crippen molar-refractivity contribution in [3.8, 4) is 0 Å². The van der Waals surface area contributed by atoms with Crippen LogP contribution in [0.3, 0.4) is 0 Å². The van der Waals surface area contributed by atoms with Gasteiger partial charge in [0.15, 0.2) is 18.3 Å². The molecule has 1 aliphatic heterocycles. The van der Waals surface area contributed by atoms with Crippen molar-refractivity contribution in [2.75, 3.05) is 6.61 Å². The average molecular weight is 670 g/mol. The predicted molar refractivity (Wildman–Crippen MR) is 165 cm³/mol. The van der Waals surface area contributed by atoms with Crippen LogP contribution in [0.15, 0.2) is 22.7 Å². The summed E-state index contributed by atoms with van der Waals surface area (Å²) in [7, 11) is 0. The molecule has 0 aromatic heterocycles. The molecule has 1 heterocycles. The predicted octanol–water partition coefficient (Wildman–Crippen LogP) is 6.66. The lowest BCUT2D eigenvalue weighted by Gasteiger charge is -2.46. The van der Waals surface area contributed by atoms with Gasteiger partial charge in [0.05, 0.1) is 21.7 Å². The van der Waals surface area contributed by atoms with Gasteiger partial charge in [-0.25, -0.2) is 0 Å². The Morgan fingerprint density at radius 1 is 0.674 bits per heavy atom. The van der Waals surface area contributed by atoms with Crippen molar-refractivity contribution in [2.45, 2.75) is 121 Å². The molecule has 5 atom stereocenters. The van der Waals surface area contributed by atoms with E-state index < -0.39 is 76.1 Å². The summed E-state index contributed by atoms with van der Waals surface area (Å²) in [4.78, 5) is 52.9. The summed E-state index contributed by atoms with van der Waals surface area (Å²) in [5.74, 6) is -2.23. The Morgan fingerprint density at radius 2 is 1.09 bits per heavy atom. The first-order valence-corrected chi connectivity index (χ1v) is 15.4. The Hall–Kier alpha value is -2.46. The fraction of sp³-hybridized carbons (Fsp3) is 0.697. The first kappa shape index (κ1) is 36.7. The third-order valence-electron chi connectivity index (χ3n) is 6.73.